The summed E-state index contributed by atoms with van der Waals surface area (Å²) in [6.45, 7) is 8.92. The summed E-state index contributed by atoms with van der Waals surface area (Å²) in [4.78, 5) is 11.8. The number of nitrogens with zero attached hydrogens (tertiary/aromatic N) is 3. The highest BCUT2D eigenvalue weighted by atomic mass is 19.4. The zero-order valence-corrected chi connectivity index (χ0v) is 18.5. The normalized spacial score (nSPS) is 12.3. The summed E-state index contributed by atoms with van der Waals surface area (Å²) in [5.41, 5.74) is 3.82. The molecule has 31 heavy (non-hydrogen) atoms. The Morgan fingerprint density at radius 2 is 1.84 bits per heavy atom. The highest BCUT2D eigenvalue weighted by Crippen LogP contribution is 2.31. The van der Waals surface area contributed by atoms with Crippen LogP contribution in [0.25, 0.3) is 0 Å². The van der Waals surface area contributed by atoms with Crippen LogP contribution in [0, 0.1) is 13.8 Å². The van der Waals surface area contributed by atoms with E-state index >= 15 is 0 Å². The largest absolute Gasteiger partial charge is 0.490 e. The fourth-order valence-corrected chi connectivity index (χ4v) is 2.72. The maximum Gasteiger partial charge on any atom is 0.416 e. The molecule has 0 radical (unpaired) electrons. The van der Waals surface area contributed by atoms with E-state index < -0.39 is 11.7 Å². The van der Waals surface area contributed by atoms with Crippen LogP contribution in [0.1, 0.15) is 36.1 Å². The number of hydrogen-bond acceptors (Lipinski definition) is 4. The van der Waals surface area contributed by atoms with Crippen LogP contribution < -0.4 is 4.74 Å². The number of rotatable bonds is 9. The van der Waals surface area contributed by atoms with Gasteiger partial charge in [-0.25, -0.2) is 4.99 Å². The lowest BCUT2D eigenvalue weighted by atomic mass is 10.0. The third-order valence-electron chi connectivity index (χ3n) is 4.63. The molecule has 2 rings (SSSR count). The van der Waals surface area contributed by atoms with E-state index in [2.05, 4.69) is 17.1 Å². The Labute approximate surface area is 181 Å². The fourth-order valence-electron chi connectivity index (χ4n) is 2.72. The summed E-state index contributed by atoms with van der Waals surface area (Å²) < 4.78 is 43.5. The van der Waals surface area contributed by atoms with Gasteiger partial charge in [-0.05, 0) is 69.2 Å². The molecule has 0 heterocycles. The van der Waals surface area contributed by atoms with Crippen molar-refractivity contribution >= 4 is 17.7 Å². The smallest absolute Gasteiger partial charge is 0.416 e. The van der Waals surface area contributed by atoms with E-state index in [1.165, 1.54) is 12.1 Å². The lowest BCUT2D eigenvalue weighted by Crippen LogP contribution is -2.14. The number of alkyl halides is 3. The van der Waals surface area contributed by atoms with Crippen molar-refractivity contribution < 1.29 is 22.7 Å². The number of aliphatic imine (C=N–C) groups is 1. The summed E-state index contributed by atoms with van der Waals surface area (Å²) in [5.74, 6) is 0.135. The molecule has 0 atom stereocenters. The molecule has 0 aliphatic rings. The second kappa shape index (κ2) is 10.8. The molecule has 0 amide bonds. The molecular weight excluding hydrogens is 407 g/mol. The summed E-state index contributed by atoms with van der Waals surface area (Å²) in [7, 11) is 1.96. The van der Waals surface area contributed by atoms with Gasteiger partial charge in [-0.15, -0.1) is 0 Å². The quantitative estimate of drug-likeness (QED) is 0.218. The van der Waals surface area contributed by atoms with Crippen molar-refractivity contribution in [1.29, 1.82) is 0 Å². The molecule has 0 unspecified atom stereocenters. The number of oxime groups is 1. The molecular formula is C23H28F3N3O2. The van der Waals surface area contributed by atoms with Gasteiger partial charge in [0.2, 0.25) is 0 Å². The van der Waals surface area contributed by atoms with E-state index in [0.29, 0.717) is 5.71 Å². The fraction of sp³-hybridized carbons (Fsp3) is 0.391. The molecule has 0 spiro atoms. The lowest BCUT2D eigenvalue weighted by Gasteiger charge is -2.12. The van der Waals surface area contributed by atoms with Crippen LogP contribution in [0.5, 0.6) is 5.75 Å². The van der Waals surface area contributed by atoms with Gasteiger partial charge in [0.15, 0.2) is 6.61 Å². The summed E-state index contributed by atoms with van der Waals surface area (Å²) in [6.07, 6.45) is -2.60. The molecule has 0 N–H and O–H groups in total. The molecule has 8 heteroatoms. The molecule has 0 aliphatic carbocycles. The van der Waals surface area contributed by atoms with Crippen LogP contribution in [0.4, 0.5) is 18.9 Å². The summed E-state index contributed by atoms with van der Waals surface area (Å²) >= 11 is 0. The van der Waals surface area contributed by atoms with E-state index in [1.54, 1.807) is 6.34 Å². The minimum Gasteiger partial charge on any atom is -0.490 e. The van der Waals surface area contributed by atoms with Crippen molar-refractivity contribution in [2.45, 2.75) is 33.9 Å². The van der Waals surface area contributed by atoms with Crippen LogP contribution in [0.3, 0.4) is 0 Å². The molecule has 5 nitrogen and oxygen atoms in total. The third kappa shape index (κ3) is 7.31. The molecule has 0 fully saturated rings. The van der Waals surface area contributed by atoms with Gasteiger partial charge < -0.3 is 14.5 Å². The summed E-state index contributed by atoms with van der Waals surface area (Å²) in [5, 5.41) is 4.11. The molecule has 0 aromatic heterocycles. The standard InChI is InChI=1S/C23H28F3N3O2/c1-6-29(5)15-27-22-13-16(2)21(12-17(22)3)18(4)28-31-11-10-30-20-9-7-8-19(14-20)23(24,25)26/h7-9,12-15H,6,10-11H2,1-5H3/b27-15-,28-18+. The molecule has 168 valence electrons. The Kier molecular flexibility index (Phi) is 8.47. The van der Waals surface area contributed by atoms with Crippen molar-refractivity contribution in [3.05, 3.63) is 58.7 Å². The molecule has 0 saturated heterocycles. The number of halogens is 3. The monoisotopic (exact) mass is 435 g/mol. The van der Waals surface area contributed by atoms with Gasteiger partial charge in [0, 0.05) is 19.2 Å². The number of benzene rings is 2. The topological polar surface area (TPSA) is 46.4 Å². The maximum absolute atomic E-state index is 12.7. The Bertz CT molecular complexity index is 940. The van der Waals surface area contributed by atoms with E-state index in [1.807, 2.05) is 44.9 Å². The zero-order valence-electron chi connectivity index (χ0n) is 18.5. The number of ether oxygens (including phenoxy) is 1. The van der Waals surface area contributed by atoms with Crippen molar-refractivity contribution in [3.63, 3.8) is 0 Å². The van der Waals surface area contributed by atoms with Crippen LogP contribution in [-0.4, -0.2) is 43.8 Å². The Balaban J connectivity index is 1.94. The molecule has 0 saturated carbocycles. The van der Waals surface area contributed by atoms with Crippen molar-refractivity contribution in [3.8, 4) is 5.75 Å². The number of hydrogen-bond donors (Lipinski definition) is 0. The van der Waals surface area contributed by atoms with E-state index in [9.17, 15) is 13.2 Å². The Hall–Kier alpha value is -3.03. The van der Waals surface area contributed by atoms with Gasteiger partial charge in [-0.3, -0.25) is 0 Å². The van der Waals surface area contributed by atoms with E-state index in [4.69, 9.17) is 9.57 Å². The van der Waals surface area contributed by atoms with Gasteiger partial charge >= 0.3 is 6.18 Å². The predicted octanol–water partition coefficient (Wildman–Crippen LogP) is 5.75. The first-order valence-corrected chi connectivity index (χ1v) is 9.94. The van der Waals surface area contributed by atoms with Crippen LogP contribution >= 0.6 is 0 Å². The van der Waals surface area contributed by atoms with Gasteiger partial charge in [0.25, 0.3) is 0 Å². The first kappa shape index (κ1) is 24.2. The average molecular weight is 435 g/mol. The molecule has 2 aromatic carbocycles. The highest BCUT2D eigenvalue weighted by Gasteiger charge is 2.30. The molecule has 2 aromatic rings. The SMILES string of the molecule is CCN(C)/C=N\c1cc(C)c(/C(C)=N/OCCOc2cccc(C(F)(F)F)c2)cc1C. The Morgan fingerprint density at radius 3 is 2.52 bits per heavy atom. The van der Waals surface area contributed by atoms with Crippen molar-refractivity contribution in [2.24, 2.45) is 10.1 Å². The summed E-state index contributed by atoms with van der Waals surface area (Å²) in [6, 6.07) is 8.75. The van der Waals surface area contributed by atoms with Crippen LogP contribution in [0.2, 0.25) is 0 Å². The lowest BCUT2D eigenvalue weighted by molar-refractivity contribution is -0.137. The van der Waals surface area contributed by atoms with E-state index in [-0.39, 0.29) is 19.0 Å². The van der Waals surface area contributed by atoms with Crippen molar-refractivity contribution in [1.82, 2.24) is 4.90 Å². The second-order valence-electron chi connectivity index (χ2n) is 7.16. The predicted molar refractivity (Wildman–Crippen MR) is 117 cm³/mol. The minimum atomic E-state index is -4.40. The first-order valence-electron chi connectivity index (χ1n) is 9.94. The molecule has 0 bridgehead atoms. The maximum atomic E-state index is 12.7. The second-order valence-corrected chi connectivity index (χ2v) is 7.16. The molecule has 0 aliphatic heterocycles. The van der Waals surface area contributed by atoms with Crippen LogP contribution in [-0.2, 0) is 11.0 Å². The highest BCUT2D eigenvalue weighted by molar-refractivity contribution is 6.00. The van der Waals surface area contributed by atoms with Gasteiger partial charge in [-0.1, -0.05) is 11.2 Å². The van der Waals surface area contributed by atoms with Gasteiger partial charge in [-0.2, -0.15) is 13.2 Å². The first-order chi connectivity index (χ1) is 14.6. The minimum absolute atomic E-state index is 0.0781. The number of aryl methyl sites for hydroxylation is 2. The zero-order chi connectivity index (χ0) is 23.0. The van der Waals surface area contributed by atoms with Crippen LogP contribution in [0.15, 0.2) is 46.5 Å². The van der Waals surface area contributed by atoms with E-state index in [0.717, 1.165) is 41.1 Å². The Morgan fingerprint density at radius 1 is 1.10 bits per heavy atom. The van der Waals surface area contributed by atoms with Crippen molar-refractivity contribution in [2.75, 3.05) is 26.8 Å². The third-order valence-corrected chi connectivity index (χ3v) is 4.63. The van der Waals surface area contributed by atoms with Gasteiger partial charge in [0.1, 0.15) is 12.4 Å². The van der Waals surface area contributed by atoms with Gasteiger partial charge in [0.05, 0.1) is 23.3 Å². The average Bonchev–Trinajstić information content (AvgIpc) is 2.73.